The Bertz CT molecular complexity index is 854. The summed E-state index contributed by atoms with van der Waals surface area (Å²) >= 11 is 0. The molecular weight excluding hydrogens is 408 g/mol. The molecule has 2 aromatic rings. The zero-order valence-corrected chi connectivity index (χ0v) is 19.4. The average Bonchev–Trinajstić information content (AvgIpc) is 2.82. The van der Waals surface area contributed by atoms with Crippen molar-refractivity contribution in [3.05, 3.63) is 54.1 Å². The van der Waals surface area contributed by atoms with Crippen molar-refractivity contribution in [3.63, 3.8) is 0 Å². The van der Waals surface area contributed by atoms with Gasteiger partial charge in [-0.1, -0.05) is 19.1 Å². The van der Waals surface area contributed by atoms with Crippen molar-refractivity contribution >= 4 is 11.8 Å². The molecule has 7 nitrogen and oxygen atoms in total. The number of carbonyl (C=O) groups is 2. The molecule has 0 aliphatic heterocycles. The second-order valence-electron chi connectivity index (χ2n) is 7.32. The normalized spacial score (nSPS) is 11.4. The molecule has 2 rings (SSSR count). The van der Waals surface area contributed by atoms with Crippen molar-refractivity contribution in [3.8, 4) is 17.2 Å². The highest BCUT2D eigenvalue weighted by Gasteiger charge is 2.28. The van der Waals surface area contributed by atoms with Gasteiger partial charge in [-0.15, -0.1) is 0 Å². The van der Waals surface area contributed by atoms with Crippen LogP contribution in [-0.4, -0.2) is 50.1 Å². The second-order valence-corrected chi connectivity index (χ2v) is 7.32. The summed E-state index contributed by atoms with van der Waals surface area (Å²) < 4.78 is 16.2. The minimum atomic E-state index is -0.531. The fraction of sp³-hybridized carbons (Fsp3) is 0.440. The lowest BCUT2D eigenvalue weighted by Gasteiger charge is -2.30. The van der Waals surface area contributed by atoms with Crippen molar-refractivity contribution in [2.24, 2.45) is 0 Å². The highest BCUT2D eigenvalue weighted by atomic mass is 16.5. The Kier molecular flexibility index (Phi) is 10.4. The lowest BCUT2D eigenvalue weighted by Crippen LogP contribution is -2.49. The van der Waals surface area contributed by atoms with E-state index >= 15 is 0 Å². The van der Waals surface area contributed by atoms with Gasteiger partial charge in [-0.3, -0.25) is 9.59 Å². The highest BCUT2D eigenvalue weighted by molar-refractivity contribution is 5.87. The molecule has 0 bridgehead atoms. The Balaban J connectivity index is 2.03. The van der Waals surface area contributed by atoms with Crippen LogP contribution in [0.3, 0.4) is 0 Å². The van der Waals surface area contributed by atoms with Crippen LogP contribution in [0.25, 0.3) is 0 Å². The van der Waals surface area contributed by atoms with Gasteiger partial charge in [0.05, 0.1) is 20.8 Å². The summed E-state index contributed by atoms with van der Waals surface area (Å²) in [7, 11) is 3.22. The van der Waals surface area contributed by atoms with Gasteiger partial charge in [-0.25, -0.2) is 0 Å². The van der Waals surface area contributed by atoms with Crippen LogP contribution in [0.15, 0.2) is 48.5 Å². The van der Waals surface area contributed by atoms with Crippen LogP contribution in [-0.2, 0) is 16.1 Å². The smallest absolute Gasteiger partial charge is 0.242 e. The van der Waals surface area contributed by atoms with Crippen LogP contribution in [0.4, 0.5) is 0 Å². The van der Waals surface area contributed by atoms with Gasteiger partial charge < -0.3 is 24.4 Å². The maximum Gasteiger partial charge on any atom is 0.242 e. The topological polar surface area (TPSA) is 77.1 Å². The molecule has 1 atom stereocenters. The standard InChI is InChI=1S/C25H34N2O5/c1-5-23(25(29)26-6-2)27(18-19-9-7-10-22(17-19)31-4)24(28)11-8-16-32-21-14-12-20(30-3)13-15-21/h7,9-10,12-15,17,23H,5-6,8,11,16,18H2,1-4H3,(H,26,29)/t23-/m1/s1. The molecule has 0 aromatic heterocycles. The molecule has 0 spiro atoms. The molecular formula is C25H34N2O5. The zero-order chi connectivity index (χ0) is 23.3. The molecule has 0 radical (unpaired) electrons. The monoisotopic (exact) mass is 442 g/mol. The van der Waals surface area contributed by atoms with Crippen LogP contribution in [0, 0.1) is 0 Å². The Labute approximate surface area is 190 Å². The van der Waals surface area contributed by atoms with Crippen LogP contribution in [0.1, 0.15) is 38.7 Å². The number of ether oxygens (including phenoxy) is 3. The Hall–Kier alpha value is -3.22. The van der Waals surface area contributed by atoms with E-state index in [1.807, 2.05) is 62.4 Å². The molecule has 32 heavy (non-hydrogen) atoms. The number of benzene rings is 2. The summed E-state index contributed by atoms with van der Waals surface area (Å²) in [5.74, 6) is 1.98. The second kappa shape index (κ2) is 13.2. The van der Waals surface area contributed by atoms with E-state index < -0.39 is 6.04 Å². The number of amides is 2. The fourth-order valence-electron chi connectivity index (χ4n) is 3.41. The van der Waals surface area contributed by atoms with E-state index in [1.54, 1.807) is 19.1 Å². The van der Waals surface area contributed by atoms with Crippen LogP contribution >= 0.6 is 0 Å². The first-order valence-electron chi connectivity index (χ1n) is 11.0. The maximum atomic E-state index is 13.1. The first-order chi connectivity index (χ1) is 15.5. The summed E-state index contributed by atoms with van der Waals surface area (Å²) in [6, 6.07) is 14.3. The highest BCUT2D eigenvalue weighted by Crippen LogP contribution is 2.19. The van der Waals surface area contributed by atoms with Gasteiger partial charge in [-0.2, -0.15) is 0 Å². The summed E-state index contributed by atoms with van der Waals surface area (Å²) in [5.41, 5.74) is 0.912. The van der Waals surface area contributed by atoms with E-state index in [4.69, 9.17) is 14.2 Å². The van der Waals surface area contributed by atoms with Gasteiger partial charge in [0.15, 0.2) is 0 Å². The third kappa shape index (κ3) is 7.48. The number of nitrogens with zero attached hydrogens (tertiary/aromatic N) is 1. The average molecular weight is 443 g/mol. The lowest BCUT2D eigenvalue weighted by atomic mass is 10.1. The Morgan fingerprint density at radius 3 is 2.28 bits per heavy atom. The molecule has 174 valence electrons. The molecule has 0 fully saturated rings. The molecule has 0 saturated heterocycles. The minimum absolute atomic E-state index is 0.0794. The van der Waals surface area contributed by atoms with Gasteiger partial charge >= 0.3 is 0 Å². The molecule has 2 aromatic carbocycles. The van der Waals surface area contributed by atoms with E-state index in [0.29, 0.717) is 38.3 Å². The zero-order valence-electron chi connectivity index (χ0n) is 19.4. The van der Waals surface area contributed by atoms with Crippen molar-refractivity contribution in [1.29, 1.82) is 0 Å². The van der Waals surface area contributed by atoms with Crippen LogP contribution in [0.2, 0.25) is 0 Å². The van der Waals surface area contributed by atoms with E-state index in [2.05, 4.69) is 5.32 Å². The van der Waals surface area contributed by atoms with Crippen molar-refractivity contribution in [2.75, 3.05) is 27.4 Å². The molecule has 0 unspecified atom stereocenters. The first kappa shape index (κ1) is 25.0. The van der Waals surface area contributed by atoms with Crippen LogP contribution < -0.4 is 19.5 Å². The molecule has 0 aliphatic rings. The molecule has 0 aliphatic carbocycles. The van der Waals surface area contributed by atoms with Gasteiger partial charge in [-0.05, 0) is 61.7 Å². The Morgan fingerprint density at radius 2 is 1.66 bits per heavy atom. The maximum absolute atomic E-state index is 13.1. The predicted molar refractivity (Wildman–Crippen MR) is 124 cm³/mol. The molecule has 0 heterocycles. The number of rotatable bonds is 13. The number of methoxy groups -OCH3 is 2. The van der Waals surface area contributed by atoms with E-state index in [-0.39, 0.29) is 18.2 Å². The SMILES string of the molecule is CCNC(=O)[C@@H](CC)N(Cc1cccc(OC)c1)C(=O)CCCOc1ccc(OC)cc1. The van der Waals surface area contributed by atoms with Crippen LogP contribution in [0.5, 0.6) is 17.2 Å². The number of hydrogen-bond acceptors (Lipinski definition) is 5. The summed E-state index contributed by atoms with van der Waals surface area (Å²) in [4.78, 5) is 27.4. The van der Waals surface area contributed by atoms with Gasteiger partial charge in [0, 0.05) is 19.5 Å². The van der Waals surface area contributed by atoms with Gasteiger partial charge in [0.25, 0.3) is 0 Å². The van der Waals surface area contributed by atoms with Crippen molar-refractivity contribution in [2.45, 2.75) is 45.7 Å². The van der Waals surface area contributed by atoms with Gasteiger partial charge in [0.2, 0.25) is 11.8 Å². The third-order valence-corrected chi connectivity index (χ3v) is 5.09. The molecule has 7 heteroatoms. The fourth-order valence-corrected chi connectivity index (χ4v) is 3.41. The first-order valence-corrected chi connectivity index (χ1v) is 11.0. The van der Waals surface area contributed by atoms with E-state index in [9.17, 15) is 9.59 Å². The largest absolute Gasteiger partial charge is 0.497 e. The predicted octanol–water partition coefficient (Wildman–Crippen LogP) is 3.81. The van der Waals surface area contributed by atoms with Crippen molar-refractivity contribution in [1.82, 2.24) is 10.2 Å². The molecule has 2 amide bonds. The van der Waals surface area contributed by atoms with Gasteiger partial charge in [0.1, 0.15) is 23.3 Å². The minimum Gasteiger partial charge on any atom is -0.497 e. The molecule has 1 N–H and O–H groups in total. The van der Waals surface area contributed by atoms with E-state index in [0.717, 1.165) is 17.1 Å². The third-order valence-electron chi connectivity index (χ3n) is 5.09. The number of carbonyl (C=O) groups excluding carboxylic acids is 2. The summed E-state index contributed by atoms with van der Waals surface area (Å²) in [6.45, 7) is 5.05. The lowest BCUT2D eigenvalue weighted by molar-refractivity contribution is -0.141. The molecule has 0 saturated carbocycles. The quantitative estimate of drug-likeness (QED) is 0.478. The summed E-state index contributed by atoms with van der Waals surface area (Å²) in [6.07, 6.45) is 1.37. The number of hydrogen-bond donors (Lipinski definition) is 1. The van der Waals surface area contributed by atoms with Crippen molar-refractivity contribution < 1.29 is 23.8 Å². The van der Waals surface area contributed by atoms with E-state index in [1.165, 1.54) is 0 Å². The summed E-state index contributed by atoms with van der Waals surface area (Å²) in [5, 5.41) is 2.85. The number of likely N-dealkylation sites (N-methyl/N-ethyl adjacent to an activating group) is 1. The number of nitrogens with one attached hydrogen (secondary N) is 1. The Morgan fingerprint density at radius 1 is 0.969 bits per heavy atom.